The summed E-state index contributed by atoms with van der Waals surface area (Å²) in [6, 6.07) is 0. The Labute approximate surface area is 143 Å². The van der Waals surface area contributed by atoms with Crippen LogP contribution in [0.15, 0.2) is 6.20 Å². The van der Waals surface area contributed by atoms with Crippen LogP contribution in [0.3, 0.4) is 0 Å². The average Bonchev–Trinajstić information content (AvgIpc) is 2.53. The fraction of sp³-hybridized carbons (Fsp3) is 0.778. The lowest BCUT2D eigenvalue weighted by atomic mass is 9.73. The fourth-order valence-corrected chi connectivity index (χ4v) is 4.32. The van der Waals surface area contributed by atoms with Crippen LogP contribution in [-0.4, -0.2) is 71.8 Å². The molecule has 4 rings (SSSR count). The first-order valence-corrected chi connectivity index (χ1v) is 9.18. The number of piperazine rings is 1. The van der Waals surface area contributed by atoms with Crippen LogP contribution in [0.2, 0.25) is 0 Å². The highest BCUT2D eigenvalue weighted by atomic mass is 19.1. The van der Waals surface area contributed by atoms with Gasteiger partial charge in [-0.05, 0) is 32.7 Å². The van der Waals surface area contributed by atoms with Crippen LogP contribution in [0, 0.1) is 5.92 Å². The first-order valence-electron chi connectivity index (χ1n) is 9.18. The van der Waals surface area contributed by atoms with Crippen molar-refractivity contribution in [2.45, 2.75) is 38.4 Å². The second kappa shape index (κ2) is 6.23. The summed E-state index contributed by atoms with van der Waals surface area (Å²) in [4.78, 5) is 16.5. The summed E-state index contributed by atoms with van der Waals surface area (Å²) in [7, 11) is 2.16. The largest absolute Gasteiger partial charge is 0.338 e. The lowest BCUT2D eigenvalue weighted by Gasteiger charge is -2.42. The summed E-state index contributed by atoms with van der Waals surface area (Å²) >= 11 is 0. The van der Waals surface area contributed by atoms with Gasteiger partial charge in [-0.1, -0.05) is 0 Å². The van der Waals surface area contributed by atoms with Crippen molar-refractivity contribution in [3.8, 4) is 0 Å². The van der Waals surface area contributed by atoms with E-state index in [1.165, 1.54) is 11.3 Å². The van der Waals surface area contributed by atoms with Crippen LogP contribution in [-0.2, 0) is 13.0 Å². The van der Waals surface area contributed by atoms with Gasteiger partial charge in [-0.25, -0.2) is 14.4 Å². The van der Waals surface area contributed by atoms with Crippen LogP contribution in [0.4, 0.5) is 10.3 Å². The Hall–Kier alpha value is -1.27. The van der Waals surface area contributed by atoms with Gasteiger partial charge in [0.15, 0.2) is 0 Å². The standard InChI is InChI=1S/C18H28FN5/c1-18(19)9-14(10-18)12-23-4-3-16-15(13-23)11-20-17(21-16)24-7-5-22(2)6-8-24/h11,14H,3-10,12-13H2,1-2H3. The van der Waals surface area contributed by atoms with E-state index in [2.05, 4.69) is 26.7 Å². The van der Waals surface area contributed by atoms with Crippen LogP contribution in [0.1, 0.15) is 31.0 Å². The van der Waals surface area contributed by atoms with E-state index in [-0.39, 0.29) is 0 Å². The van der Waals surface area contributed by atoms with Gasteiger partial charge in [0.25, 0.3) is 0 Å². The van der Waals surface area contributed by atoms with Crippen molar-refractivity contribution in [2.75, 3.05) is 51.2 Å². The molecule has 2 fully saturated rings. The molecule has 0 spiro atoms. The Kier molecular flexibility index (Phi) is 4.21. The number of nitrogens with zero attached hydrogens (tertiary/aromatic N) is 5. The summed E-state index contributed by atoms with van der Waals surface area (Å²) < 4.78 is 13.6. The summed E-state index contributed by atoms with van der Waals surface area (Å²) in [5, 5.41) is 0. The molecule has 1 aromatic rings. The maximum atomic E-state index is 13.6. The Morgan fingerprint density at radius 1 is 1.21 bits per heavy atom. The van der Waals surface area contributed by atoms with E-state index < -0.39 is 5.67 Å². The molecule has 0 N–H and O–H groups in total. The first-order chi connectivity index (χ1) is 11.5. The summed E-state index contributed by atoms with van der Waals surface area (Å²) in [5.74, 6) is 1.41. The van der Waals surface area contributed by atoms with Gasteiger partial charge in [-0.2, -0.15) is 0 Å². The highest BCUT2D eigenvalue weighted by Crippen LogP contribution is 2.41. The van der Waals surface area contributed by atoms with Crippen LogP contribution < -0.4 is 4.90 Å². The SMILES string of the molecule is CN1CCN(c2ncc3c(n2)CCN(CC2CC(C)(F)C2)C3)CC1. The topological polar surface area (TPSA) is 35.5 Å². The third kappa shape index (κ3) is 3.40. The second-order valence-corrected chi connectivity index (χ2v) is 8.10. The van der Waals surface area contributed by atoms with Gasteiger partial charge in [-0.3, -0.25) is 4.90 Å². The lowest BCUT2D eigenvalue weighted by Crippen LogP contribution is -2.46. The molecule has 0 unspecified atom stereocenters. The van der Waals surface area contributed by atoms with Gasteiger partial charge in [0.2, 0.25) is 5.95 Å². The molecule has 24 heavy (non-hydrogen) atoms. The number of rotatable bonds is 3. The smallest absolute Gasteiger partial charge is 0.225 e. The van der Waals surface area contributed by atoms with E-state index in [1.807, 2.05) is 6.20 Å². The van der Waals surface area contributed by atoms with E-state index in [1.54, 1.807) is 6.92 Å². The van der Waals surface area contributed by atoms with Crippen molar-refractivity contribution in [3.05, 3.63) is 17.5 Å². The maximum Gasteiger partial charge on any atom is 0.225 e. The van der Waals surface area contributed by atoms with Crippen molar-refractivity contribution >= 4 is 5.95 Å². The molecule has 1 aliphatic carbocycles. The molecule has 132 valence electrons. The molecule has 6 heteroatoms. The maximum absolute atomic E-state index is 13.6. The number of hydrogen-bond acceptors (Lipinski definition) is 5. The zero-order valence-electron chi connectivity index (χ0n) is 14.8. The third-order valence-corrected chi connectivity index (χ3v) is 5.73. The molecule has 0 amide bonds. The Morgan fingerprint density at radius 2 is 1.96 bits per heavy atom. The molecule has 1 saturated heterocycles. The number of fused-ring (bicyclic) bond motifs is 1. The molecular formula is C18H28FN5. The number of alkyl halides is 1. The minimum Gasteiger partial charge on any atom is -0.338 e. The molecular weight excluding hydrogens is 305 g/mol. The molecule has 1 saturated carbocycles. The number of hydrogen-bond donors (Lipinski definition) is 0. The molecule has 3 heterocycles. The van der Waals surface area contributed by atoms with E-state index in [9.17, 15) is 4.39 Å². The van der Waals surface area contributed by atoms with Gasteiger partial charge in [0.05, 0.1) is 5.69 Å². The fourth-order valence-electron chi connectivity index (χ4n) is 4.32. The van der Waals surface area contributed by atoms with Crippen LogP contribution in [0.5, 0.6) is 0 Å². The predicted octanol–water partition coefficient (Wildman–Crippen LogP) is 1.72. The normalized spacial score (nSPS) is 31.6. The van der Waals surface area contributed by atoms with Gasteiger partial charge in [0.1, 0.15) is 5.67 Å². The quantitative estimate of drug-likeness (QED) is 0.842. The van der Waals surface area contributed by atoms with E-state index in [4.69, 9.17) is 4.98 Å². The molecule has 3 aliphatic rings. The Balaban J connectivity index is 1.37. The molecule has 0 atom stereocenters. The van der Waals surface area contributed by atoms with Crippen LogP contribution >= 0.6 is 0 Å². The molecule has 2 aliphatic heterocycles. The van der Waals surface area contributed by atoms with Crippen molar-refractivity contribution in [1.82, 2.24) is 19.8 Å². The third-order valence-electron chi connectivity index (χ3n) is 5.73. The van der Waals surface area contributed by atoms with Gasteiger partial charge >= 0.3 is 0 Å². The molecule has 1 aromatic heterocycles. The van der Waals surface area contributed by atoms with Crippen molar-refractivity contribution < 1.29 is 4.39 Å². The van der Waals surface area contributed by atoms with Gasteiger partial charge in [-0.15, -0.1) is 0 Å². The average molecular weight is 333 g/mol. The monoisotopic (exact) mass is 333 g/mol. The zero-order valence-corrected chi connectivity index (χ0v) is 14.8. The minimum absolute atomic E-state index is 0.520. The molecule has 0 aromatic carbocycles. The second-order valence-electron chi connectivity index (χ2n) is 8.10. The van der Waals surface area contributed by atoms with Crippen molar-refractivity contribution in [1.29, 1.82) is 0 Å². The van der Waals surface area contributed by atoms with Crippen molar-refractivity contribution in [3.63, 3.8) is 0 Å². The van der Waals surface area contributed by atoms with Gasteiger partial charge in [0, 0.05) is 64.0 Å². The van der Waals surface area contributed by atoms with Crippen LogP contribution in [0.25, 0.3) is 0 Å². The zero-order chi connectivity index (χ0) is 16.7. The lowest BCUT2D eigenvalue weighted by molar-refractivity contribution is 0.00470. The Morgan fingerprint density at radius 3 is 2.67 bits per heavy atom. The molecule has 0 radical (unpaired) electrons. The number of aromatic nitrogens is 2. The summed E-state index contributed by atoms with van der Waals surface area (Å²) in [6.07, 6.45) is 4.44. The minimum atomic E-state index is -0.918. The summed E-state index contributed by atoms with van der Waals surface area (Å²) in [6.45, 7) is 8.84. The highest BCUT2D eigenvalue weighted by molar-refractivity contribution is 5.35. The number of likely N-dealkylation sites (N-methyl/N-ethyl adjacent to an activating group) is 1. The molecule has 0 bridgehead atoms. The first kappa shape index (κ1) is 16.2. The Bertz CT molecular complexity index is 589. The molecule has 5 nitrogen and oxygen atoms in total. The number of halogens is 1. The summed E-state index contributed by atoms with van der Waals surface area (Å²) in [5.41, 5.74) is 1.54. The van der Waals surface area contributed by atoms with E-state index >= 15 is 0 Å². The van der Waals surface area contributed by atoms with E-state index in [0.717, 1.165) is 71.0 Å². The predicted molar refractivity (Wildman–Crippen MR) is 93.0 cm³/mol. The number of anilines is 1. The van der Waals surface area contributed by atoms with Gasteiger partial charge < -0.3 is 9.80 Å². The van der Waals surface area contributed by atoms with Crippen molar-refractivity contribution in [2.24, 2.45) is 5.92 Å². The highest BCUT2D eigenvalue weighted by Gasteiger charge is 2.41. The van der Waals surface area contributed by atoms with E-state index in [0.29, 0.717) is 5.92 Å².